The maximum Gasteiger partial charge on any atom is 0.338 e. The number of aliphatic hydroxyl groups excluding tert-OH is 1. The van der Waals surface area contributed by atoms with E-state index >= 15 is 0 Å². The summed E-state index contributed by atoms with van der Waals surface area (Å²) >= 11 is 0. The van der Waals surface area contributed by atoms with Crippen LogP contribution in [0, 0.1) is 0 Å². The summed E-state index contributed by atoms with van der Waals surface area (Å²) in [5.74, 6) is -0.358. The van der Waals surface area contributed by atoms with E-state index in [0.29, 0.717) is 5.56 Å². The van der Waals surface area contributed by atoms with Gasteiger partial charge >= 0.3 is 5.97 Å². The predicted molar refractivity (Wildman–Crippen MR) is 70.9 cm³/mol. The molecule has 1 N–H and O–H groups in total. The third kappa shape index (κ3) is 5.15. The lowest BCUT2D eigenvalue weighted by Crippen LogP contribution is -2.32. The normalized spacial score (nSPS) is 13.2. The van der Waals surface area contributed by atoms with Gasteiger partial charge in [0.1, 0.15) is 6.10 Å². The van der Waals surface area contributed by atoms with Crippen molar-refractivity contribution in [3.63, 3.8) is 0 Å². The molecular formula is C13H20O3Si. The van der Waals surface area contributed by atoms with Crippen LogP contribution in [0.15, 0.2) is 30.3 Å². The van der Waals surface area contributed by atoms with Crippen LogP contribution in [-0.2, 0) is 4.74 Å². The maximum atomic E-state index is 11.8. The topological polar surface area (TPSA) is 46.5 Å². The molecule has 0 aliphatic carbocycles. The zero-order chi connectivity index (χ0) is 12.9. The Labute approximate surface area is 103 Å². The number of benzene rings is 1. The first-order valence-corrected chi connectivity index (χ1v) is 9.50. The van der Waals surface area contributed by atoms with E-state index in [1.54, 1.807) is 24.3 Å². The van der Waals surface area contributed by atoms with Crippen LogP contribution < -0.4 is 0 Å². The second-order valence-corrected chi connectivity index (χ2v) is 10.9. The summed E-state index contributed by atoms with van der Waals surface area (Å²) in [6.07, 6.45) is -0.380. The predicted octanol–water partition coefficient (Wildman–Crippen LogP) is 2.54. The monoisotopic (exact) mass is 252 g/mol. The van der Waals surface area contributed by atoms with Crippen LogP contribution in [-0.4, -0.2) is 31.9 Å². The number of carbonyl (C=O) groups excluding carboxylic acids is 1. The van der Waals surface area contributed by atoms with E-state index in [2.05, 4.69) is 19.6 Å². The highest BCUT2D eigenvalue weighted by Gasteiger charge is 2.23. The lowest BCUT2D eigenvalue weighted by Gasteiger charge is -2.23. The molecule has 0 aliphatic rings. The second kappa shape index (κ2) is 5.98. The molecule has 1 aromatic carbocycles. The molecule has 0 heterocycles. The Hall–Kier alpha value is -1.13. The average Bonchev–Trinajstić information content (AvgIpc) is 2.27. The van der Waals surface area contributed by atoms with Gasteiger partial charge in [-0.05, 0) is 18.2 Å². The van der Waals surface area contributed by atoms with Crippen molar-refractivity contribution in [2.24, 2.45) is 0 Å². The SMILES string of the molecule is C[Si](C)(C)CC(CO)OC(=O)c1ccccc1. The van der Waals surface area contributed by atoms with Crippen LogP contribution in [0.1, 0.15) is 10.4 Å². The Morgan fingerprint density at radius 3 is 2.35 bits per heavy atom. The van der Waals surface area contributed by atoms with Crippen LogP contribution >= 0.6 is 0 Å². The van der Waals surface area contributed by atoms with Gasteiger partial charge in [0, 0.05) is 8.07 Å². The van der Waals surface area contributed by atoms with Crippen LogP contribution in [0.5, 0.6) is 0 Å². The van der Waals surface area contributed by atoms with Crippen molar-refractivity contribution in [3.8, 4) is 0 Å². The first-order valence-electron chi connectivity index (χ1n) is 5.79. The van der Waals surface area contributed by atoms with Gasteiger partial charge in [0.15, 0.2) is 0 Å². The standard InChI is InChI=1S/C13H20O3Si/c1-17(2,3)10-12(9-14)16-13(15)11-7-5-4-6-8-11/h4-8,12,14H,9-10H2,1-3H3. The zero-order valence-electron chi connectivity index (χ0n) is 10.6. The van der Waals surface area contributed by atoms with Crippen molar-refractivity contribution in [2.75, 3.05) is 6.61 Å². The number of carbonyl (C=O) groups is 1. The Kier molecular flexibility index (Phi) is 4.90. The molecule has 1 atom stereocenters. The van der Waals surface area contributed by atoms with Gasteiger partial charge < -0.3 is 9.84 Å². The smallest absolute Gasteiger partial charge is 0.338 e. The number of rotatable bonds is 5. The van der Waals surface area contributed by atoms with E-state index in [4.69, 9.17) is 4.74 Å². The fraction of sp³-hybridized carbons (Fsp3) is 0.462. The van der Waals surface area contributed by atoms with E-state index in [9.17, 15) is 9.90 Å². The third-order valence-electron chi connectivity index (χ3n) is 2.33. The second-order valence-electron chi connectivity index (χ2n) is 5.34. The Balaban J connectivity index is 2.60. The first-order chi connectivity index (χ1) is 7.92. The highest BCUT2D eigenvalue weighted by atomic mass is 28.3. The lowest BCUT2D eigenvalue weighted by atomic mass is 10.2. The Morgan fingerprint density at radius 1 is 1.29 bits per heavy atom. The van der Waals surface area contributed by atoms with Gasteiger partial charge in [-0.1, -0.05) is 37.8 Å². The molecule has 1 rings (SSSR count). The molecule has 0 amide bonds. The Bertz CT molecular complexity index is 357. The van der Waals surface area contributed by atoms with Crippen LogP contribution in [0.25, 0.3) is 0 Å². The summed E-state index contributed by atoms with van der Waals surface area (Å²) < 4.78 is 5.31. The molecular weight excluding hydrogens is 232 g/mol. The zero-order valence-corrected chi connectivity index (χ0v) is 11.6. The van der Waals surface area contributed by atoms with Gasteiger partial charge in [-0.2, -0.15) is 0 Å². The largest absolute Gasteiger partial charge is 0.457 e. The molecule has 0 spiro atoms. The number of esters is 1. The van der Waals surface area contributed by atoms with Gasteiger partial charge in [0.25, 0.3) is 0 Å². The number of aliphatic hydroxyl groups is 1. The van der Waals surface area contributed by atoms with Crippen LogP contribution in [0.3, 0.4) is 0 Å². The number of hydrogen-bond acceptors (Lipinski definition) is 3. The molecule has 17 heavy (non-hydrogen) atoms. The molecule has 94 valence electrons. The van der Waals surface area contributed by atoms with E-state index in [-0.39, 0.29) is 18.7 Å². The Morgan fingerprint density at radius 2 is 1.88 bits per heavy atom. The van der Waals surface area contributed by atoms with Gasteiger partial charge in [0.2, 0.25) is 0 Å². The number of ether oxygens (including phenoxy) is 1. The molecule has 0 aromatic heterocycles. The van der Waals surface area contributed by atoms with E-state index < -0.39 is 8.07 Å². The summed E-state index contributed by atoms with van der Waals surface area (Å²) in [5, 5.41) is 9.23. The number of hydrogen-bond donors (Lipinski definition) is 1. The fourth-order valence-corrected chi connectivity index (χ4v) is 3.20. The average molecular weight is 252 g/mol. The molecule has 0 fully saturated rings. The minimum Gasteiger partial charge on any atom is -0.457 e. The molecule has 0 bridgehead atoms. The maximum absolute atomic E-state index is 11.8. The van der Waals surface area contributed by atoms with E-state index in [0.717, 1.165) is 6.04 Å². The van der Waals surface area contributed by atoms with Crippen molar-refractivity contribution in [1.82, 2.24) is 0 Å². The fourth-order valence-electron chi connectivity index (χ4n) is 1.62. The van der Waals surface area contributed by atoms with Crippen molar-refractivity contribution >= 4 is 14.0 Å². The molecule has 0 radical (unpaired) electrons. The molecule has 3 nitrogen and oxygen atoms in total. The van der Waals surface area contributed by atoms with Gasteiger partial charge in [-0.15, -0.1) is 0 Å². The van der Waals surface area contributed by atoms with Crippen molar-refractivity contribution in [2.45, 2.75) is 31.8 Å². The molecule has 1 unspecified atom stereocenters. The van der Waals surface area contributed by atoms with Crippen molar-refractivity contribution in [3.05, 3.63) is 35.9 Å². The van der Waals surface area contributed by atoms with Crippen LogP contribution in [0.2, 0.25) is 25.7 Å². The highest BCUT2D eigenvalue weighted by Crippen LogP contribution is 2.15. The minimum atomic E-state index is -1.35. The third-order valence-corrected chi connectivity index (χ3v) is 4.01. The van der Waals surface area contributed by atoms with E-state index in [1.807, 2.05) is 6.07 Å². The molecule has 4 heteroatoms. The van der Waals surface area contributed by atoms with Gasteiger partial charge in [-0.25, -0.2) is 4.79 Å². The first kappa shape index (κ1) is 13.9. The van der Waals surface area contributed by atoms with Crippen molar-refractivity contribution < 1.29 is 14.6 Å². The summed E-state index contributed by atoms with van der Waals surface area (Å²) in [6, 6.07) is 9.65. The summed E-state index contributed by atoms with van der Waals surface area (Å²) in [6.45, 7) is 6.45. The molecule has 0 saturated heterocycles. The highest BCUT2D eigenvalue weighted by molar-refractivity contribution is 6.76. The summed E-state index contributed by atoms with van der Waals surface area (Å²) in [4.78, 5) is 11.8. The van der Waals surface area contributed by atoms with Gasteiger partial charge in [0.05, 0.1) is 12.2 Å². The minimum absolute atomic E-state index is 0.108. The lowest BCUT2D eigenvalue weighted by molar-refractivity contribution is 0.0193. The summed E-state index contributed by atoms with van der Waals surface area (Å²) in [7, 11) is -1.35. The summed E-state index contributed by atoms with van der Waals surface area (Å²) in [5.41, 5.74) is 0.529. The van der Waals surface area contributed by atoms with Gasteiger partial charge in [-0.3, -0.25) is 0 Å². The quantitative estimate of drug-likeness (QED) is 0.647. The van der Waals surface area contributed by atoms with Crippen molar-refractivity contribution in [1.29, 1.82) is 0 Å². The molecule has 0 saturated carbocycles. The molecule has 1 aromatic rings. The van der Waals surface area contributed by atoms with E-state index in [1.165, 1.54) is 0 Å². The van der Waals surface area contributed by atoms with Crippen LogP contribution in [0.4, 0.5) is 0 Å². The molecule has 0 aliphatic heterocycles.